The molecule has 2 aliphatic heterocycles. The first-order valence-corrected chi connectivity index (χ1v) is 8.61. The quantitative estimate of drug-likeness (QED) is 0.782. The van der Waals surface area contributed by atoms with E-state index in [0.29, 0.717) is 60.6 Å². The number of ether oxygens (including phenoxy) is 4. The maximum atomic E-state index is 12.3. The highest BCUT2D eigenvalue weighted by atomic mass is 16.6. The van der Waals surface area contributed by atoms with E-state index in [4.69, 9.17) is 18.9 Å². The van der Waals surface area contributed by atoms with Crippen molar-refractivity contribution in [3.05, 3.63) is 47.5 Å². The molecule has 8 nitrogen and oxygen atoms in total. The predicted molar refractivity (Wildman–Crippen MR) is 94.4 cm³/mol. The Bertz CT molecular complexity index is 882. The molecule has 27 heavy (non-hydrogen) atoms. The molecule has 2 aromatic carbocycles. The highest BCUT2D eigenvalue weighted by molar-refractivity contribution is 5.99. The molecule has 2 heterocycles. The van der Waals surface area contributed by atoms with E-state index in [9.17, 15) is 9.59 Å². The summed E-state index contributed by atoms with van der Waals surface area (Å²) < 4.78 is 22.0. The fourth-order valence-electron chi connectivity index (χ4n) is 2.75. The second-order valence-electron chi connectivity index (χ2n) is 5.98. The van der Waals surface area contributed by atoms with Crippen LogP contribution in [0.5, 0.6) is 23.0 Å². The lowest BCUT2D eigenvalue weighted by molar-refractivity contribution is 0.0846. The molecule has 0 spiro atoms. The number of hydrogen-bond donors (Lipinski definition) is 2. The normalized spacial score (nSPS) is 14.7. The standard InChI is InChI=1S/C19H18N2O6/c22-18(12-2-4-14-16(10-12)25-7-1-6-24-14)20-21-19(23)13-3-5-15-17(11-13)27-9-8-26-15/h2-5,10-11H,1,6-9H2,(H,20,22)(H,21,23). The molecule has 0 aliphatic carbocycles. The van der Waals surface area contributed by atoms with E-state index in [1.807, 2.05) is 0 Å². The van der Waals surface area contributed by atoms with E-state index in [1.54, 1.807) is 36.4 Å². The van der Waals surface area contributed by atoms with Gasteiger partial charge in [0.2, 0.25) is 0 Å². The Hall–Kier alpha value is -3.42. The lowest BCUT2D eigenvalue weighted by atomic mass is 10.2. The molecule has 2 aromatic rings. The summed E-state index contributed by atoms with van der Waals surface area (Å²) in [4.78, 5) is 24.6. The molecular weight excluding hydrogens is 352 g/mol. The van der Waals surface area contributed by atoms with Gasteiger partial charge in [-0.05, 0) is 36.4 Å². The van der Waals surface area contributed by atoms with Crippen molar-refractivity contribution >= 4 is 11.8 Å². The van der Waals surface area contributed by atoms with Crippen molar-refractivity contribution in [2.75, 3.05) is 26.4 Å². The molecule has 0 saturated carbocycles. The summed E-state index contributed by atoms with van der Waals surface area (Å²) >= 11 is 0. The number of amides is 2. The first-order chi connectivity index (χ1) is 13.2. The molecule has 0 bridgehead atoms. The topological polar surface area (TPSA) is 95.1 Å². The molecule has 4 rings (SSSR count). The molecular formula is C19H18N2O6. The van der Waals surface area contributed by atoms with Crippen LogP contribution < -0.4 is 29.8 Å². The summed E-state index contributed by atoms with van der Waals surface area (Å²) in [5, 5.41) is 0. The van der Waals surface area contributed by atoms with Crippen molar-refractivity contribution in [1.29, 1.82) is 0 Å². The molecule has 0 saturated heterocycles. The van der Waals surface area contributed by atoms with Crippen LogP contribution in [0.4, 0.5) is 0 Å². The Balaban J connectivity index is 1.40. The van der Waals surface area contributed by atoms with Gasteiger partial charge < -0.3 is 18.9 Å². The van der Waals surface area contributed by atoms with Crippen LogP contribution in [0.15, 0.2) is 36.4 Å². The van der Waals surface area contributed by atoms with Crippen molar-refractivity contribution in [1.82, 2.24) is 10.9 Å². The second-order valence-corrected chi connectivity index (χ2v) is 5.98. The maximum absolute atomic E-state index is 12.3. The summed E-state index contributed by atoms with van der Waals surface area (Å²) in [5.74, 6) is 1.28. The largest absolute Gasteiger partial charge is 0.490 e. The van der Waals surface area contributed by atoms with Crippen LogP contribution in [0, 0.1) is 0 Å². The van der Waals surface area contributed by atoms with Gasteiger partial charge in [0.05, 0.1) is 13.2 Å². The van der Waals surface area contributed by atoms with Gasteiger partial charge in [0.1, 0.15) is 13.2 Å². The van der Waals surface area contributed by atoms with E-state index in [1.165, 1.54) is 0 Å². The van der Waals surface area contributed by atoms with Gasteiger partial charge in [-0.2, -0.15) is 0 Å². The minimum absolute atomic E-state index is 0.346. The first kappa shape index (κ1) is 17.0. The first-order valence-electron chi connectivity index (χ1n) is 8.61. The molecule has 0 fully saturated rings. The van der Waals surface area contributed by atoms with E-state index < -0.39 is 11.8 Å². The van der Waals surface area contributed by atoms with E-state index >= 15 is 0 Å². The minimum Gasteiger partial charge on any atom is -0.490 e. The molecule has 140 valence electrons. The van der Waals surface area contributed by atoms with Crippen LogP contribution >= 0.6 is 0 Å². The molecule has 8 heteroatoms. The van der Waals surface area contributed by atoms with Gasteiger partial charge in [-0.15, -0.1) is 0 Å². The summed E-state index contributed by atoms with van der Waals surface area (Å²) in [7, 11) is 0. The van der Waals surface area contributed by atoms with E-state index in [-0.39, 0.29) is 0 Å². The summed E-state index contributed by atoms with van der Waals surface area (Å²) in [5.41, 5.74) is 5.48. The Labute approximate surface area is 155 Å². The molecule has 2 N–H and O–H groups in total. The number of rotatable bonds is 2. The number of benzene rings is 2. The van der Waals surface area contributed by atoms with Crippen molar-refractivity contribution in [2.45, 2.75) is 6.42 Å². The maximum Gasteiger partial charge on any atom is 0.269 e. The van der Waals surface area contributed by atoms with Crippen molar-refractivity contribution in [2.24, 2.45) is 0 Å². The van der Waals surface area contributed by atoms with Gasteiger partial charge in [-0.3, -0.25) is 20.4 Å². The van der Waals surface area contributed by atoms with Gasteiger partial charge in [0, 0.05) is 17.5 Å². The average molecular weight is 370 g/mol. The van der Waals surface area contributed by atoms with Crippen molar-refractivity contribution < 1.29 is 28.5 Å². The van der Waals surface area contributed by atoms with Crippen molar-refractivity contribution in [3.8, 4) is 23.0 Å². The van der Waals surface area contributed by atoms with Gasteiger partial charge in [0.25, 0.3) is 11.8 Å². The summed E-state index contributed by atoms with van der Waals surface area (Å²) in [6.07, 6.45) is 0.780. The third kappa shape index (κ3) is 3.74. The van der Waals surface area contributed by atoms with Gasteiger partial charge >= 0.3 is 0 Å². The number of hydrazine groups is 1. The molecule has 0 atom stereocenters. The highest BCUT2D eigenvalue weighted by Crippen LogP contribution is 2.31. The number of nitrogens with one attached hydrogen (secondary N) is 2. The number of carbonyl (C=O) groups is 2. The van der Waals surface area contributed by atoms with Gasteiger partial charge in [-0.25, -0.2) is 0 Å². The van der Waals surface area contributed by atoms with Crippen LogP contribution in [-0.4, -0.2) is 38.2 Å². The monoisotopic (exact) mass is 370 g/mol. The molecule has 0 aromatic heterocycles. The Morgan fingerprint density at radius 2 is 1.07 bits per heavy atom. The molecule has 2 amide bonds. The number of hydrogen-bond acceptors (Lipinski definition) is 6. The predicted octanol–water partition coefficient (Wildman–Crippen LogP) is 1.69. The molecule has 2 aliphatic rings. The van der Waals surface area contributed by atoms with Crippen LogP contribution in [0.25, 0.3) is 0 Å². The SMILES string of the molecule is O=C(NNC(=O)c1ccc2c(c1)OCCO2)c1ccc2c(c1)OCCCO2. The molecule has 0 unspecified atom stereocenters. The van der Waals surface area contributed by atoms with Crippen LogP contribution in [0.3, 0.4) is 0 Å². The Morgan fingerprint density at radius 1 is 0.630 bits per heavy atom. The lowest BCUT2D eigenvalue weighted by Gasteiger charge is -2.18. The summed E-state index contributed by atoms with van der Waals surface area (Å²) in [6, 6.07) is 9.71. The zero-order valence-corrected chi connectivity index (χ0v) is 14.4. The smallest absolute Gasteiger partial charge is 0.269 e. The third-order valence-electron chi connectivity index (χ3n) is 4.10. The zero-order chi connectivity index (χ0) is 18.6. The van der Waals surface area contributed by atoms with Gasteiger partial charge in [0.15, 0.2) is 23.0 Å². The third-order valence-corrected chi connectivity index (χ3v) is 4.10. The van der Waals surface area contributed by atoms with E-state index in [2.05, 4.69) is 10.9 Å². The van der Waals surface area contributed by atoms with Gasteiger partial charge in [-0.1, -0.05) is 0 Å². The second kappa shape index (κ2) is 7.45. The number of fused-ring (bicyclic) bond motifs is 2. The lowest BCUT2D eigenvalue weighted by Crippen LogP contribution is -2.41. The highest BCUT2D eigenvalue weighted by Gasteiger charge is 2.17. The molecule has 0 radical (unpaired) electrons. The van der Waals surface area contributed by atoms with E-state index in [0.717, 1.165) is 6.42 Å². The van der Waals surface area contributed by atoms with Crippen LogP contribution in [0.2, 0.25) is 0 Å². The fourth-order valence-corrected chi connectivity index (χ4v) is 2.75. The zero-order valence-electron chi connectivity index (χ0n) is 14.4. The van der Waals surface area contributed by atoms with Crippen molar-refractivity contribution in [3.63, 3.8) is 0 Å². The minimum atomic E-state index is -0.463. The number of carbonyl (C=O) groups excluding carboxylic acids is 2. The summed E-state index contributed by atoms with van der Waals surface area (Å²) in [6.45, 7) is 2.01. The Kier molecular flexibility index (Phi) is 4.69. The fraction of sp³-hybridized carbons (Fsp3) is 0.263. The van der Waals surface area contributed by atoms with Crippen LogP contribution in [-0.2, 0) is 0 Å². The Morgan fingerprint density at radius 3 is 1.63 bits per heavy atom. The average Bonchev–Trinajstić information content (AvgIpc) is 2.96. The van der Waals surface area contributed by atoms with Crippen LogP contribution in [0.1, 0.15) is 27.1 Å².